The van der Waals surface area contributed by atoms with E-state index in [9.17, 15) is 9.18 Å². The van der Waals surface area contributed by atoms with Crippen LogP contribution in [0, 0.1) is 11.2 Å². The van der Waals surface area contributed by atoms with Gasteiger partial charge >= 0.3 is 0 Å². The van der Waals surface area contributed by atoms with E-state index in [0.717, 1.165) is 11.3 Å². The summed E-state index contributed by atoms with van der Waals surface area (Å²) in [6.07, 6.45) is 1.62. The molecule has 8 heteroatoms. The molecule has 2 heterocycles. The Balaban J connectivity index is 1.42. The SMILES string of the molecule is CCOc1cc(C=C2C(=N)N3C(c4ccccc4)=CSC3=NC2=O)ccc1OCc1ccccc1F. The van der Waals surface area contributed by atoms with Crippen molar-refractivity contribution in [3.63, 3.8) is 0 Å². The molecule has 6 nitrogen and oxygen atoms in total. The highest BCUT2D eigenvalue weighted by Gasteiger charge is 2.36. The number of aliphatic imine (C=N–C) groups is 1. The van der Waals surface area contributed by atoms with Gasteiger partial charge in [0.15, 0.2) is 16.7 Å². The summed E-state index contributed by atoms with van der Waals surface area (Å²) in [4.78, 5) is 18.7. The highest BCUT2D eigenvalue weighted by molar-refractivity contribution is 8.17. The smallest absolute Gasteiger partial charge is 0.283 e. The number of halogens is 1. The van der Waals surface area contributed by atoms with E-state index in [1.165, 1.54) is 17.8 Å². The van der Waals surface area contributed by atoms with E-state index >= 15 is 0 Å². The van der Waals surface area contributed by atoms with Gasteiger partial charge in [0, 0.05) is 11.0 Å². The van der Waals surface area contributed by atoms with Gasteiger partial charge in [0.2, 0.25) is 0 Å². The van der Waals surface area contributed by atoms with Crippen LogP contribution in [0.2, 0.25) is 0 Å². The lowest BCUT2D eigenvalue weighted by Crippen LogP contribution is -2.38. The van der Waals surface area contributed by atoms with Crippen LogP contribution in [0.4, 0.5) is 4.39 Å². The average molecular weight is 500 g/mol. The molecule has 0 aromatic heterocycles. The minimum Gasteiger partial charge on any atom is -0.490 e. The predicted octanol–water partition coefficient (Wildman–Crippen LogP) is 6.11. The molecule has 0 aliphatic carbocycles. The third-order valence-electron chi connectivity index (χ3n) is 5.60. The van der Waals surface area contributed by atoms with Gasteiger partial charge in [0.25, 0.3) is 5.91 Å². The second-order valence-electron chi connectivity index (χ2n) is 7.95. The number of nitrogens with zero attached hydrogens (tertiary/aromatic N) is 2. The molecule has 3 aromatic rings. The summed E-state index contributed by atoms with van der Waals surface area (Å²) in [6, 6.07) is 21.3. The van der Waals surface area contributed by atoms with Gasteiger partial charge in [-0.15, -0.1) is 0 Å². The first-order chi connectivity index (χ1) is 17.5. The number of carbonyl (C=O) groups is 1. The molecule has 180 valence electrons. The number of benzene rings is 3. The maximum absolute atomic E-state index is 14.0. The quantitative estimate of drug-likeness (QED) is 0.397. The molecule has 5 rings (SSSR count). The van der Waals surface area contributed by atoms with Gasteiger partial charge in [0.05, 0.1) is 17.9 Å². The largest absolute Gasteiger partial charge is 0.490 e. The monoisotopic (exact) mass is 499 g/mol. The number of amidine groups is 2. The molecular formula is C28H22FN3O3S. The average Bonchev–Trinajstić information content (AvgIpc) is 3.31. The van der Waals surface area contributed by atoms with E-state index in [0.29, 0.717) is 34.4 Å². The Hall–Kier alpha value is -4.17. The zero-order chi connectivity index (χ0) is 25.1. The Kier molecular flexibility index (Phi) is 6.69. The second kappa shape index (κ2) is 10.2. The third kappa shape index (κ3) is 4.67. The highest BCUT2D eigenvalue weighted by atomic mass is 32.2. The van der Waals surface area contributed by atoms with Crippen molar-refractivity contribution in [1.82, 2.24) is 4.90 Å². The molecule has 2 aliphatic heterocycles. The van der Waals surface area contributed by atoms with Crippen LogP contribution >= 0.6 is 11.8 Å². The summed E-state index contributed by atoms with van der Waals surface area (Å²) in [7, 11) is 0. The minimum absolute atomic E-state index is 0.0506. The van der Waals surface area contributed by atoms with Gasteiger partial charge < -0.3 is 9.47 Å². The Labute approximate surface area is 212 Å². The zero-order valence-electron chi connectivity index (χ0n) is 19.4. The van der Waals surface area contributed by atoms with Crippen molar-refractivity contribution >= 4 is 40.4 Å². The Morgan fingerprint density at radius 1 is 1.03 bits per heavy atom. The molecule has 36 heavy (non-hydrogen) atoms. The molecular weight excluding hydrogens is 477 g/mol. The first-order valence-corrected chi connectivity index (χ1v) is 12.2. The second-order valence-corrected chi connectivity index (χ2v) is 8.78. The van der Waals surface area contributed by atoms with E-state index in [2.05, 4.69) is 4.99 Å². The van der Waals surface area contributed by atoms with Crippen LogP contribution in [0.5, 0.6) is 11.5 Å². The molecule has 0 atom stereocenters. The fourth-order valence-electron chi connectivity index (χ4n) is 3.85. The number of ether oxygens (including phenoxy) is 2. The van der Waals surface area contributed by atoms with E-state index in [4.69, 9.17) is 14.9 Å². The molecule has 0 unspecified atom stereocenters. The van der Waals surface area contributed by atoms with Gasteiger partial charge in [-0.1, -0.05) is 66.4 Å². The van der Waals surface area contributed by atoms with E-state index in [-0.39, 0.29) is 23.8 Å². The lowest BCUT2D eigenvalue weighted by atomic mass is 10.1. The van der Waals surface area contributed by atoms with Crippen LogP contribution in [0.1, 0.15) is 23.6 Å². The molecule has 0 saturated heterocycles. The van der Waals surface area contributed by atoms with Crippen LogP contribution in [0.3, 0.4) is 0 Å². The van der Waals surface area contributed by atoms with Gasteiger partial charge in [0.1, 0.15) is 18.3 Å². The minimum atomic E-state index is -0.473. The number of rotatable bonds is 7. The topological polar surface area (TPSA) is 75.0 Å². The summed E-state index contributed by atoms with van der Waals surface area (Å²) < 4.78 is 25.6. The fraction of sp³-hybridized carbons (Fsp3) is 0.107. The van der Waals surface area contributed by atoms with Gasteiger partial charge in [-0.3, -0.25) is 15.1 Å². The van der Waals surface area contributed by atoms with Crippen molar-refractivity contribution in [2.24, 2.45) is 4.99 Å². The van der Waals surface area contributed by atoms with Crippen LogP contribution < -0.4 is 9.47 Å². The molecule has 0 fully saturated rings. The summed E-state index contributed by atoms with van der Waals surface area (Å²) in [5.74, 6) is 0.166. The van der Waals surface area contributed by atoms with Gasteiger partial charge in [-0.25, -0.2) is 4.39 Å². The molecule has 0 saturated carbocycles. The van der Waals surface area contributed by atoms with Crippen LogP contribution in [0.25, 0.3) is 11.8 Å². The van der Waals surface area contributed by atoms with Crippen LogP contribution in [-0.2, 0) is 11.4 Å². The van der Waals surface area contributed by atoms with Gasteiger partial charge in [-0.2, -0.15) is 4.99 Å². The lowest BCUT2D eigenvalue weighted by molar-refractivity contribution is -0.114. The number of nitrogens with one attached hydrogen (secondary N) is 1. The zero-order valence-corrected chi connectivity index (χ0v) is 20.2. The number of fused-ring (bicyclic) bond motifs is 1. The third-order valence-corrected chi connectivity index (χ3v) is 6.43. The summed E-state index contributed by atoms with van der Waals surface area (Å²) in [5.41, 5.74) is 3.00. The van der Waals surface area contributed by atoms with E-state index < -0.39 is 5.91 Å². The van der Waals surface area contributed by atoms with Crippen molar-refractivity contribution < 1.29 is 18.7 Å². The number of carbonyl (C=O) groups excluding carboxylic acids is 1. The molecule has 0 bridgehead atoms. The summed E-state index contributed by atoms with van der Waals surface area (Å²) in [5, 5.41) is 11.2. The van der Waals surface area contributed by atoms with Crippen molar-refractivity contribution in [3.8, 4) is 11.5 Å². The number of hydrogen-bond acceptors (Lipinski definition) is 5. The lowest BCUT2D eigenvalue weighted by Gasteiger charge is -2.27. The first kappa shape index (κ1) is 23.6. The van der Waals surface area contributed by atoms with E-state index in [1.807, 2.05) is 42.7 Å². The Morgan fingerprint density at radius 2 is 1.81 bits per heavy atom. The van der Waals surface area contributed by atoms with Gasteiger partial charge in [-0.05, 0) is 42.3 Å². The normalized spacial score (nSPS) is 16.1. The molecule has 0 radical (unpaired) electrons. The van der Waals surface area contributed by atoms with Crippen molar-refractivity contribution in [3.05, 3.63) is 106 Å². The predicted molar refractivity (Wildman–Crippen MR) is 140 cm³/mol. The standard InChI is InChI=1S/C28H22FN3O3S/c1-2-34-25-15-18(12-13-24(25)35-16-20-10-6-7-11-22(20)29)14-21-26(30)32-23(19-8-4-3-5-9-19)17-36-28(32)31-27(21)33/h3-15,17,30H,2,16H2,1H3. The number of amides is 1. The highest BCUT2D eigenvalue weighted by Crippen LogP contribution is 2.38. The van der Waals surface area contributed by atoms with Crippen molar-refractivity contribution in [1.29, 1.82) is 5.41 Å². The molecule has 0 spiro atoms. The number of thioether (sulfide) groups is 1. The maximum atomic E-state index is 14.0. The van der Waals surface area contributed by atoms with Crippen molar-refractivity contribution in [2.45, 2.75) is 13.5 Å². The van der Waals surface area contributed by atoms with Crippen LogP contribution in [0.15, 0.2) is 88.8 Å². The molecule has 1 amide bonds. The Morgan fingerprint density at radius 3 is 2.58 bits per heavy atom. The van der Waals surface area contributed by atoms with E-state index in [1.54, 1.807) is 47.4 Å². The number of hydrogen-bond donors (Lipinski definition) is 1. The van der Waals surface area contributed by atoms with Crippen LogP contribution in [-0.4, -0.2) is 28.4 Å². The summed E-state index contributed by atoms with van der Waals surface area (Å²) >= 11 is 1.32. The fourth-order valence-corrected chi connectivity index (χ4v) is 4.74. The molecule has 1 N–H and O–H groups in total. The summed E-state index contributed by atoms with van der Waals surface area (Å²) in [6.45, 7) is 2.30. The Bertz CT molecular complexity index is 1430. The first-order valence-electron chi connectivity index (χ1n) is 11.3. The maximum Gasteiger partial charge on any atom is 0.283 e. The van der Waals surface area contributed by atoms with Crippen molar-refractivity contribution in [2.75, 3.05) is 6.61 Å². The molecule has 2 aliphatic rings. The molecule has 3 aromatic carbocycles.